The highest BCUT2D eigenvalue weighted by molar-refractivity contribution is 4.79. The molecule has 16 heavy (non-hydrogen) atoms. The van der Waals surface area contributed by atoms with Crippen molar-refractivity contribution in [1.29, 1.82) is 0 Å². The fourth-order valence-corrected chi connectivity index (χ4v) is 2.10. The minimum atomic E-state index is 0.428. The Bertz CT molecular complexity index is 187. The predicted molar refractivity (Wildman–Crippen MR) is 71.8 cm³/mol. The van der Waals surface area contributed by atoms with E-state index >= 15 is 0 Å². The van der Waals surface area contributed by atoms with Crippen LogP contribution in [0.2, 0.25) is 0 Å². The molecule has 1 fully saturated rings. The number of hydrogen-bond acceptors (Lipinski definition) is 2. The standard InChI is InChI=1S/C14H30N2/c1-6-16-9-7-13(8-10-16)15-11-12(2)14(3,4)5/h12-13,15H,6-11H2,1-5H3. The van der Waals surface area contributed by atoms with Crippen LogP contribution in [0.25, 0.3) is 0 Å². The molecule has 0 bridgehead atoms. The zero-order valence-electron chi connectivity index (χ0n) is 11.8. The Morgan fingerprint density at radius 2 is 1.81 bits per heavy atom. The summed E-state index contributed by atoms with van der Waals surface area (Å²) in [7, 11) is 0. The minimum Gasteiger partial charge on any atom is -0.314 e. The van der Waals surface area contributed by atoms with Crippen molar-refractivity contribution in [3.8, 4) is 0 Å². The first kappa shape index (κ1) is 14.0. The minimum absolute atomic E-state index is 0.428. The average molecular weight is 226 g/mol. The van der Waals surface area contributed by atoms with E-state index in [1.165, 1.54) is 39.0 Å². The summed E-state index contributed by atoms with van der Waals surface area (Å²) in [6.45, 7) is 16.5. The Morgan fingerprint density at radius 1 is 1.25 bits per heavy atom. The van der Waals surface area contributed by atoms with Crippen molar-refractivity contribution in [3.63, 3.8) is 0 Å². The van der Waals surface area contributed by atoms with E-state index in [2.05, 4.69) is 44.8 Å². The third kappa shape index (κ3) is 4.42. The van der Waals surface area contributed by atoms with E-state index in [4.69, 9.17) is 0 Å². The summed E-state index contributed by atoms with van der Waals surface area (Å²) in [5.74, 6) is 0.747. The van der Waals surface area contributed by atoms with Crippen molar-refractivity contribution in [2.24, 2.45) is 11.3 Å². The summed E-state index contributed by atoms with van der Waals surface area (Å²) >= 11 is 0. The van der Waals surface area contributed by atoms with E-state index in [1.807, 2.05) is 0 Å². The normalized spacial score (nSPS) is 22.3. The molecule has 0 aromatic rings. The quantitative estimate of drug-likeness (QED) is 0.793. The molecule has 0 saturated carbocycles. The smallest absolute Gasteiger partial charge is 0.00915 e. The van der Waals surface area contributed by atoms with Crippen molar-refractivity contribution in [2.45, 2.75) is 53.5 Å². The number of rotatable bonds is 4. The molecule has 0 aliphatic carbocycles. The van der Waals surface area contributed by atoms with Crippen LogP contribution in [-0.2, 0) is 0 Å². The van der Waals surface area contributed by atoms with Gasteiger partial charge in [-0.1, -0.05) is 34.6 Å². The fourth-order valence-electron chi connectivity index (χ4n) is 2.10. The van der Waals surface area contributed by atoms with Crippen LogP contribution in [0, 0.1) is 11.3 Å². The fraction of sp³-hybridized carbons (Fsp3) is 1.00. The van der Waals surface area contributed by atoms with Crippen LogP contribution in [0.1, 0.15) is 47.5 Å². The van der Waals surface area contributed by atoms with Gasteiger partial charge in [-0.3, -0.25) is 0 Å². The molecule has 1 saturated heterocycles. The number of hydrogen-bond donors (Lipinski definition) is 1. The molecule has 0 spiro atoms. The molecule has 0 aromatic carbocycles. The molecule has 0 amide bonds. The Labute approximate surface area is 102 Å². The maximum atomic E-state index is 3.75. The van der Waals surface area contributed by atoms with Gasteiger partial charge in [-0.2, -0.15) is 0 Å². The Morgan fingerprint density at radius 3 is 2.25 bits per heavy atom. The molecule has 1 unspecified atom stereocenters. The van der Waals surface area contributed by atoms with Gasteiger partial charge in [0.25, 0.3) is 0 Å². The second-order valence-electron chi connectivity index (χ2n) is 6.38. The van der Waals surface area contributed by atoms with Gasteiger partial charge in [0.2, 0.25) is 0 Å². The van der Waals surface area contributed by atoms with E-state index < -0.39 is 0 Å². The third-order valence-corrected chi connectivity index (χ3v) is 4.23. The number of nitrogens with zero attached hydrogens (tertiary/aromatic N) is 1. The highest BCUT2D eigenvalue weighted by Gasteiger charge is 2.22. The van der Waals surface area contributed by atoms with Gasteiger partial charge in [0.05, 0.1) is 0 Å². The van der Waals surface area contributed by atoms with Crippen molar-refractivity contribution in [3.05, 3.63) is 0 Å². The molecule has 1 heterocycles. The van der Waals surface area contributed by atoms with Gasteiger partial charge < -0.3 is 10.2 Å². The highest BCUT2D eigenvalue weighted by atomic mass is 15.1. The maximum Gasteiger partial charge on any atom is 0.00915 e. The van der Waals surface area contributed by atoms with E-state index in [-0.39, 0.29) is 0 Å². The first-order valence-electron chi connectivity index (χ1n) is 6.89. The number of piperidine rings is 1. The lowest BCUT2D eigenvalue weighted by Crippen LogP contribution is -2.44. The molecule has 1 atom stereocenters. The number of likely N-dealkylation sites (tertiary alicyclic amines) is 1. The lowest BCUT2D eigenvalue weighted by Gasteiger charge is -2.34. The summed E-state index contributed by atoms with van der Waals surface area (Å²) < 4.78 is 0. The molecule has 0 radical (unpaired) electrons. The first-order valence-corrected chi connectivity index (χ1v) is 6.89. The predicted octanol–water partition coefficient (Wildman–Crippen LogP) is 2.74. The Hall–Kier alpha value is -0.0800. The van der Waals surface area contributed by atoms with Gasteiger partial charge in [0.1, 0.15) is 0 Å². The van der Waals surface area contributed by atoms with Crippen LogP contribution in [0.5, 0.6) is 0 Å². The van der Waals surface area contributed by atoms with Crippen LogP contribution in [-0.4, -0.2) is 37.1 Å². The van der Waals surface area contributed by atoms with E-state index in [0.717, 1.165) is 12.0 Å². The van der Waals surface area contributed by atoms with Gasteiger partial charge >= 0.3 is 0 Å². The highest BCUT2D eigenvalue weighted by Crippen LogP contribution is 2.24. The Balaban J connectivity index is 2.20. The molecule has 1 aliphatic rings. The van der Waals surface area contributed by atoms with E-state index in [0.29, 0.717) is 5.41 Å². The van der Waals surface area contributed by atoms with Crippen molar-refractivity contribution >= 4 is 0 Å². The van der Waals surface area contributed by atoms with E-state index in [1.54, 1.807) is 0 Å². The topological polar surface area (TPSA) is 15.3 Å². The summed E-state index contributed by atoms with van der Waals surface area (Å²) in [4.78, 5) is 2.55. The van der Waals surface area contributed by atoms with Crippen LogP contribution >= 0.6 is 0 Å². The molecule has 2 heteroatoms. The van der Waals surface area contributed by atoms with Gasteiger partial charge in [-0.25, -0.2) is 0 Å². The van der Waals surface area contributed by atoms with Gasteiger partial charge in [-0.05, 0) is 50.4 Å². The lowest BCUT2D eigenvalue weighted by atomic mass is 9.82. The molecule has 1 N–H and O–H groups in total. The lowest BCUT2D eigenvalue weighted by molar-refractivity contribution is 0.188. The Kier molecular flexibility index (Phi) is 5.26. The molecular formula is C14H30N2. The van der Waals surface area contributed by atoms with Crippen LogP contribution < -0.4 is 5.32 Å². The molecule has 1 rings (SSSR count). The van der Waals surface area contributed by atoms with Gasteiger partial charge in [0, 0.05) is 6.04 Å². The zero-order chi connectivity index (χ0) is 12.2. The first-order chi connectivity index (χ1) is 7.43. The average Bonchev–Trinajstić information content (AvgIpc) is 2.25. The van der Waals surface area contributed by atoms with Crippen LogP contribution in [0.3, 0.4) is 0 Å². The zero-order valence-corrected chi connectivity index (χ0v) is 11.8. The second kappa shape index (κ2) is 6.02. The molecule has 96 valence electrons. The molecule has 2 nitrogen and oxygen atoms in total. The third-order valence-electron chi connectivity index (χ3n) is 4.23. The monoisotopic (exact) mass is 226 g/mol. The van der Waals surface area contributed by atoms with Crippen molar-refractivity contribution in [1.82, 2.24) is 10.2 Å². The van der Waals surface area contributed by atoms with Gasteiger partial charge in [-0.15, -0.1) is 0 Å². The van der Waals surface area contributed by atoms with Crippen molar-refractivity contribution in [2.75, 3.05) is 26.2 Å². The summed E-state index contributed by atoms with van der Waals surface area (Å²) in [5.41, 5.74) is 0.428. The number of nitrogens with one attached hydrogen (secondary N) is 1. The van der Waals surface area contributed by atoms with Crippen LogP contribution in [0.4, 0.5) is 0 Å². The second-order valence-corrected chi connectivity index (χ2v) is 6.38. The van der Waals surface area contributed by atoms with Gasteiger partial charge in [0.15, 0.2) is 0 Å². The molecule has 1 aliphatic heterocycles. The van der Waals surface area contributed by atoms with E-state index in [9.17, 15) is 0 Å². The summed E-state index contributed by atoms with van der Waals surface area (Å²) in [6.07, 6.45) is 2.65. The SMILES string of the molecule is CCN1CCC(NCC(C)C(C)(C)C)CC1. The maximum absolute atomic E-state index is 3.75. The van der Waals surface area contributed by atoms with Crippen molar-refractivity contribution < 1.29 is 0 Å². The largest absolute Gasteiger partial charge is 0.314 e. The summed E-state index contributed by atoms with van der Waals surface area (Å²) in [6, 6.07) is 0.757. The molecular weight excluding hydrogens is 196 g/mol. The summed E-state index contributed by atoms with van der Waals surface area (Å²) in [5, 5.41) is 3.75. The molecule has 0 aromatic heterocycles. The van der Waals surface area contributed by atoms with Crippen LogP contribution in [0.15, 0.2) is 0 Å².